The average Bonchev–Trinajstić information content (AvgIpc) is 3.10. The van der Waals surface area contributed by atoms with Gasteiger partial charge in [0.1, 0.15) is 0 Å². The molecule has 0 atom stereocenters. The van der Waals surface area contributed by atoms with Gasteiger partial charge in [-0.05, 0) is 41.9 Å². The maximum absolute atomic E-state index is 9.29. The summed E-state index contributed by atoms with van der Waals surface area (Å²) in [4.78, 5) is 0. The largest absolute Gasteiger partial charge is 0.396 e. The van der Waals surface area contributed by atoms with Crippen LogP contribution in [0.3, 0.4) is 0 Å². The lowest BCUT2D eigenvalue weighted by Gasteiger charge is -2.21. The van der Waals surface area contributed by atoms with Gasteiger partial charge in [0.05, 0.1) is 0 Å². The minimum atomic E-state index is 0.194. The molecule has 0 spiro atoms. The van der Waals surface area contributed by atoms with Crippen LogP contribution in [0.4, 0.5) is 0 Å². The van der Waals surface area contributed by atoms with Crippen molar-refractivity contribution in [1.82, 2.24) is 5.32 Å². The standard InChI is InChI=1S/C17H27NO/c1-13-9-15(16(2,3)4)6-5-14(13)10-18-11-17(12-19)7-8-17/h5-6,9,18-19H,7-8,10-12H2,1-4H3. The average molecular weight is 261 g/mol. The van der Waals surface area contributed by atoms with Crippen LogP contribution in [-0.2, 0) is 12.0 Å². The molecule has 1 aromatic rings. The highest BCUT2D eigenvalue weighted by atomic mass is 16.3. The van der Waals surface area contributed by atoms with Crippen molar-refractivity contribution < 1.29 is 5.11 Å². The van der Waals surface area contributed by atoms with E-state index in [2.05, 4.69) is 51.2 Å². The Morgan fingerprint density at radius 1 is 1.26 bits per heavy atom. The molecular weight excluding hydrogens is 234 g/mol. The minimum Gasteiger partial charge on any atom is -0.396 e. The first-order valence-electron chi connectivity index (χ1n) is 7.28. The van der Waals surface area contributed by atoms with Crippen LogP contribution < -0.4 is 5.32 Å². The number of aliphatic hydroxyl groups excluding tert-OH is 1. The van der Waals surface area contributed by atoms with E-state index in [0.29, 0.717) is 6.61 Å². The van der Waals surface area contributed by atoms with Gasteiger partial charge in [-0.15, -0.1) is 0 Å². The number of hydrogen-bond acceptors (Lipinski definition) is 2. The molecule has 0 aromatic heterocycles. The Morgan fingerprint density at radius 2 is 1.95 bits per heavy atom. The summed E-state index contributed by atoms with van der Waals surface area (Å²) in [5, 5.41) is 12.8. The summed E-state index contributed by atoms with van der Waals surface area (Å²) in [6, 6.07) is 6.78. The van der Waals surface area contributed by atoms with Gasteiger partial charge in [0.25, 0.3) is 0 Å². The third-order valence-electron chi connectivity index (χ3n) is 4.32. The van der Waals surface area contributed by atoms with Gasteiger partial charge in [0.15, 0.2) is 0 Å². The summed E-state index contributed by atoms with van der Waals surface area (Å²) in [5.74, 6) is 0. The fourth-order valence-corrected chi connectivity index (χ4v) is 2.39. The van der Waals surface area contributed by atoms with E-state index in [4.69, 9.17) is 0 Å². The molecule has 1 saturated carbocycles. The zero-order chi connectivity index (χ0) is 14.1. The fraction of sp³-hybridized carbons (Fsp3) is 0.647. The van der Waals surface area contributed by atoms with Crippen LogP contribution in [0.25, 0.3) is 0 Å². The molecule has 0 saturated heterocycles. The van der Waals surface area contributed by atoms with Crippen molar-refractivity contribution in [1.29, 1.82) is 0 Å². The van der Waals surface area contributed by atoms with E-state index in [9.17, 15) is 5.11 Å². The molecule has 0 aliphatic heterocycles. The Balaban J connectivity index is 1.94. The highest BCUT2D eigenvalue weighted by Gasteiger charge is 2.41. The molecule has 1 aliphatic carbocycles. The van der Waals surface area contributed by atoms with Gasteiger partial charge in [-0.1, -0.05) is 39.0 Å². The van der Waals surface area contributed by atoms with E-state index >= 15 is 0 Å². The second-order valence-corrected chi connectivity index (χ2v) is 7.15. The number of aryl methyl sites for hydroxylation is 1. The number of hydrogen-bond donors (Lipinski definition) is 2. The second kappa shape index (κ2) is 5.26. The predicted octanol–water partition coefficient (Wildman–Crippen LogP) is 3.15. The lowest BCUT2D eigenvalue weighted by atomic mass is 9.85. The van der Waals surface area contributed by atoms with Crippen molar-refractivity contribution in [2.24, 2.45) is 5.41 Å². The van der Waals surface area contributed by atoms with Crippen molar-refractivity contribution >= 4 is 0 Å². The first-order chi connectivity index (χ1) is 8.86. The van der Waals surface area contributed by atoms with Crippen molar-refractivity contribution in [2.45, 2.75) is 52.5 Å². The van der Waals surface area contributed by atoms with E-state index in [-0.39, 0.29) is 10.8 Å². The summed E-state index contributed by atoms with van der Waals surface area (Å²) in [7, 11) is 0. The molecular formula is C17H27NO. The molecule has 2 nitrogen and oxygen atoms in total. The van der Waals surface area contributed by atoms with Gasteiger partial charge in [-0.25, -0.2) is 0 Å². The molecule has 0 radical (unpaired) electrons. The smallest absolute Gasteiger partial charge is 0.0499 e. The molecule has 1 aromatic carbocycles. The summed E-state index contributed by atoms with van der Waals surface area (Å²) in [5.41, 5.74) is 4.52. The molecule has 2 rings (SSSR count). The third kappa shape index (κ3) is 3.58. The van der Waals surface area contributed by atoms with Crippen LogP contribution in [0.15, 0.2) is 18.2 Å². The molecule has 0 heterocycles. The SMILES string of the molecule is Cc1cc(C(C)(C)C)ccc1CNCC1(CO)CC1. The van der Waals surface area contributed by atoms with Gasteiger partial charge in [0, 0.05) is 25.1 Å². The van der Waals surface area contributed by atoms with E-state index < -0.39 is 0 Å². The van der Waals surface area contributed by atoms with Crippen LogP contribution in [0.5, 0.6) is 0 Å². The maximum Gasteiger partial charge on any atom is 0.0499 e. The van der Waals surface area contributed by atoms with Crippen molar-refractivity contribution in [3.8, 4) is 0 Å². The summed E-state index contributed by atoms with van der Waals surface area (Å²) >= 11 is 0. The monoisotopic (exact) mass is 261 g/mol. The lowest BCUT2D eigenvalue weighted by molar-refractivity contribution is 0.207. The molecule has 0 amide bonds. The quantitative estimate of drug-likeness (QED) is 0.853. The van der Waals surface area contributed by atoms with E-state index in [1.54, 1.807) is 0 Å². The molecule has 1 fully saturated rings. The molecule has 106 valence electrons. The lowest BCUT2D eigenvalue weighted by Crippen LogP contribution is -2.26. The summed E-state index contributed by atoms with van der Waals surface area (Å²) in [6.45, 7) is 11.1. The first-order valence-corrected chi connectivity index (χ1v) is 7.28. The van der Waals surface area contributed by atoms with Crippen LogP contribution in [0, 0.1) is 12.3 Å². The van der Waals surface area contributed by atoms with Crippen molar-refractivity contribution in [3.63, 3.8) is 0 Å². The van der Waals surface area contributed by atoms with Crippen LogP contribution in [-0.4, -0.2) is 18.3 Å². The molecule has 1 aliphatic rings. The zero-order valence-electron chi connectivity index (χ0n) is 12.7. The highest BCUT2D eigenvalue weighted by Crippen LogP contribution is 2.44. The fourth-order valence-electron chi connectivity index (χ4n) is 2.39. The Kier molecular flexibility index (Phi) is 4.03. The third-order valence-corrected chi connectivity index (χ3v) is 4.32. The molecule has 19 heavy (non-hydrogen) atoms. The first kappa shape index (κ1) is 14.5. The Bertz CT molecular complexity index is 441. The van der Waals surface area contributed by atoms with E-state index in [1.807, 2.05) is 0 Å². The maximum atomic E-state index is 9.29. The molecule has 0 unspecified atom stereocenters. The highest BCUT2D eigenvalue weighted by molar-refractivity contribution is 5.34. The van der Waals surface area contributed by atoms with Crippen LogP contribution in [0.2, 0.25) is 0 Å². The summed E-state index contributed by atoms with van der Waals surface area (Å²) < 4.78 is 0. The zero-order valence-corrected chi connectivity index (χ0v) is 12.7. The van der Waals surface area contributed by atoms with E-state index in [1.165, 1.54) is 29.5 Å². The number of nitrogens with one attached hydrogen (secondary N) is 1. The number of rotatable bonds is 5. The predicted molar refractivity (Wildman–Crippen MR) is 80.3 cm³/mol. The van der Waals surface area contributed by atoms with Crippen LogP contribution >= 0.6 is 0 Å². The minimum absolute atomic E-state index is 0.194. The molecule has 2 N–H and O–H groups in total. The second-order valence-electron chi connectivity index (χ2n) is 7.15. The molecule has 2 heteroatoms. The van der Waals surface area contributed by atoms with Crippen LogP contribution in [0.1, 0.15) is 50.3 Å². The van der Waals surface area contributed by atoms with Gasteiger partial charge in [-0.3, -0.25) is 0 Å². The van der Waals surface area contributed by atoms with Gasteiger partial charge in [-0.2, -0.15) is 0 Å². The molecule has 0 bridgehead atoms. The van der Waals surface area contributed by atoms with Crippen molar-refractivity contribution in [2.75, 3.05) is 13.2 Å². The van der Waals surface area contributed by atoms with Crippen molar-refractivity contribution in [3.05, 3.63) is 34.9 Å². The number of aliphatic hydroxyl groups is 1. The normalized spacial score (nSPS) is 17.5. The van der Waals surface area contributed by atoms with Gasteiger partial charge >= 0.3 is 0 Å². The topological polar surface area (TPSA) is 32.3 Å². The van der Waals surface area contributed by atoms with E-state index in [0.717, 1.165) is 13.1 Å². The summed E-state index contributed by atoms with van der Waals surface area (Å²) in [6.07, 6.45) is 2.33. The Hall–Kier alpha value is -0.860. The van der Waals surface area contributed by atoms with Gasteiger partial charge < -0.3 is 10.4 Å². The Labute approximate surface area is 117 Å². The van der Waals surface area contributed by atoms with Gasteiger partial charge in [0.2, 0.25) is 0 Å². The Morgan fingerprint density at radius 3 is 2.42 bits per heavy atom. The number of benzene rings is 1.